The van der Waals surface area contributed by atoms with Gasteiger partial charge in [0, 0.05) is 22.4 Å². The van der Waals surface area contributed by atoms with Crippen molar-refractivity contribution in [2.75, 3.05) is 6.61 Å². The van der Waals surface area contributed by atoms with Crippen molar-refractivity contribution >= 4 is 33.0 Å². The van der Waals surface area contributed by atoms with E-state index >= 15 is 0 Å². The maximum absolute atomic E-state index is 12.2. The molecular weight excluding hydrogens is 288 g/mol. The van der Waals surface area contributed by atoms with Crippen LogP contribution in [0.25, 0.3) is 0 Å². The fourth-order valence-electron chi connectivity index (χ4n) is 1.94. The van der Waals surface area contributed by atoms with Crippen LogP contribution in [0.5, 0.6) is 0 Å². The Morgan fingerprint density at radius 1 is 1.62 bits per heavy atom. The molecule has 1 unspecified atom stereocenters. The monoisotopic (exact) mass is 302 g/mol. The predicted octanol–water partition coefficient (Wildman–Crippen LogP) is 3.58. The molecule has 0 bridgehead atoms. The molecule has 0 radical (unpaired) electrons. The minimum atomic E-state index is -0.554. The number of thiophene rings is 1. The Morgan fingerprint density at radius 2 is 2.44 bits per heavy atom. The van der Waals surface area contributed by atoms with E-state index in [1.54, 1.807) is 11.3 Å². The topological polar surface area (TPSA) is 26.3 Å². The van der Waals surface area contributed by atoms with Gasteiger partial charge < -0.3 is 4.74 Å². The Morgan fingerprint density at radius 3 is 3.00 bits per heavy atom. The number of hydrogen-bond acceptors (Lipinski definition) is 3. The Bertz CT molecular complexity index is 380. The lowest BCUT2D eigenvalue weighted by molar-refractivity contribution is -0.147. The third kappa shape index (κ3) is 2.55. The summed E-state index contributed by atoms with van der Waals surface area (Å²) >= 11 is 5.07. The molecule has 2 rings (SSSR count). The van der Waals surface area contributed by atoms with Crippen molar-refractivity contribution in [2.45, 2.75) is 38.2 Å². The third-order valence-electron chi connectivity index (χ3n) is 3.07. The zero-order chi connectivity index (χ0) is 11.6. The minimum absolute atomic E-state index is 0.204. The zero-order valence-corrected chi connectivity index (χ0v) is 11.7. The Labute approximate surface area is 108 Å². The highest BCUT2D eigenvalue weighted by Crippen LogP contribution is 2.29. The number of halogens is 1. The average molecular weight is 303 g/mol. The van der Waals surface area contributed by atoms with Gasteiger partial charge >= 0.3 is 0 Å². The van der Waals surface area contributed by atoms with Crippen molar-refractivity contribution in [2.24, 2.45) is 0 Å². The summed E-state index contributed by atoms with van der Waals surface area (Å²) in [5.41, 5.74) is -0.554. The van der Waals surface area contributed by atoms with E-state index < -0.39 is 5.60 Å². The van der Waals surface area contributed by atoms with Gasteiger partial charge in [-0.1, -0.05) is 0 Å². The first-order valence-corrected chi connectivity index (χ1v) is 7.18. The molecule has 2 heterocycles. The fraction of sp³-hybridized carbons (Fsp3) is 0.583. The van der Waals surface area contributed by atoms with E-state index in [4.69, 9.17) is 4.74 Å². The van der Waals surface area contributed by atoms with Crippen LogP contribution in [0.4, 0.5) is 0 Å². The molecule has 0 N–H and O–H groups in total. The van der Waals surface area contributed by atoms with Crippen LogP contribution in [0.15, 0.2) is 15.9 Å². The normalized spacial score (nSPS) is 25.6. The highest BCUT2D eigenvalue weighted by atomic mass is 79.9. The zero-order valence-electron chi connectivity index (χ0n) is 9.29. The summed E-state index contributed by atoms with van der Waals surface area (Å²) in [7, 11) is 0. The van der Waals surface area contributed by atoms with Crippen LogP contribution in [-0.2, 0) is 16.0 Å². The molecule has 16 heavy (non-hydrogen) atoms. The molecule has 1 aliphatic heterocycles. The smallest absolute Gasteiger partial charge is 0.169 e. The molecule has 2 nitrogen and oxygen atoms in total. The number of Topliss-reactive ketones (excluding diaryl/α,β-unsaturated/α-hetero) is 1. The maximum Gasteiger partial charge on any atom is 0.169 e. The van der Waals surface area contributed by atoms with E-state index in [0.717, 1.165) is 28.6 Å². The largest absolute Gasteiger partial charge is 0.367 e. The number of rotatable bonds is 3. The molecule has 0 saturated carbocycles. The van der Waals surface area contributed by atoms with Gasteiger partial charge in [0.2, 0.25) is 0 Å². The van der Waals surface area contributed by atoms with Crippen molar-refractivity contribution in [3.63, 3.8) is 0 Å². The Hall–Kier alpha value is -0.190. The quantitative estimate of drug-likeness (QED) is 0.853. The summed E-state index contributed by atoms with van der Waals surface area (Å²) in [6, 6.07) is 1.98. The molecule has 1 fully saturated rings. The van der Waals surface area contributed by atoms with E-state index in [-0.39, 0.29) is 5.78 Å². The Balaban J connectivity index is 2.05. The molecule has 0 amide bonds. The molecule has 0 spiro atoms. The van der Waals surface area contributed by atoms with Crippen molar-refractivity contribution < 1.29 is 9.53 Å². The van der Waals surface area contributed by atoms with Crippen LogP contribution in [0.1, 0.15) is 31.1 Å². The van der Waals surface area contributed by atoms with E-state index in [0.29, 0.717) is 13.0 Å². The van der Waals surface area contributed by atoms with E-state index in [9.17, 15) is 4.79 Å². The number of ether oxygens (including phenoxy) is 1. The summed E-state index contributed by atoms with van der Waals surface area (Å²) in [6.07, 6.45) is 3.50. The molecule has 0 aliphatic carbocycles. The van der Waals surface area contributed by atoms with E-state index in [1.165, 1.54) is 0 Å². The third-order valence-corrected chi connectivity index (χ3v) is 5.00. The number of hydrogen-bond donors (Lipinski definition) is 0. The molecule has 88 valence electrons. The molecule has 1 aliphatic rings. The van der Waals surface area contributed by atoms with Gasteiger partial charge in [0.05, 0.1) is 0 Å². The van der Waals surface area contributed by atoms with Gasteiger partial charge in [-0.15, -0.1) is 11.3 Å². The summed E-state index contributed by atoms with van der Waals surface area (Å²) in [6.45, 7) is 2.64. The van der Waals surface area contributed by atoms with Crippen LogP contribution in [0.3, 0.4) is 0 Å². The van der Waals surface area contributed by atoms with Gasteiger partial charge in [-0.3, -0.25) is 4.79 Å². The first-order valence-electron chi connectivity index (χ1n) is 5.51. The van der Waals surface area contributed by atoms with Crippen molar-refractivity contribution in [3.8, 4) is 0 Å². The summed E-state index contributed by atoms with van der Waals surface area (Å²) < 4.78 is 6.69. The van der Waals surface area contributed by atoms with Crippen molar-refractivity contribution in [1.82, 2.24) is 0 Å². The molecule has 1 saturated heterocycles. The lowest BCUT2D eigenvalue weighted by Crippen LogP contribution is -2.42. The van der Waals surface area contributed by atoms with Crippen LogP contribution >= 0.6 is 27.3 Å². The van der Waals surface area contributed by atoms with Crippen molar-refractivity contribution in [3.05, 3.63) is 20.8 Å². The fourth-order valence-corrected chi connectivity index (χ4v) is 3.43. The SMILES string of the molecule is CC1(C(=O)Cc2sccc2Br)CCCCO1. The molecular formula is C12H15BrO2S. The van der Waals surface area contributed by atoms with Gasteiger partial charge in [-0.2, -0.15) is 0 Å². The van der Waals surface area contributed by atoms with Crippen LogP contribution in [0.2, 0.25) is 0 Å². The lowest BCUT2D eigenvalue weighted by Gasteiger charge is -2.32. The summed E-state index contributed by atoms with van der Waals surface area (Å²) in [4.78, 5) is 13.3. The van der Waals surface area contributed by atoms with Crippen LogP contribution < -0.4 is 0 Å². The minimum Gasteiger partial charge on any atom is -0.367 e. The van der Waals surface area contributed by atoms with Crippen LogP contribution in [0, 0.1) is 0 Å². The van der Waals surface area contributed by atoms with E-state index in [1.807, 2.05) is 18.4 Å². The molecule has 1 aromatic rings. The average Bonchev–Trinajstić information content (AvgIpc) is 2.65. The number of carbonyl (C=O) groups is 1. The highest BCUT2D eigenvalue weighted by Gasteiger charge is 2.35. The molecule has 1 atom stereocenters. The van der Waals surface area contributed by atoms with Crippen molar-refractivity contribution in [1.29, 1.82) is 0 Å². The van der Waals surface area contributed by atoms with Gasteiger partial charge in [0.25, 0.3) is 0 Å². The summed E-state index contributed by atoms with van der Waals surface area (Å²) in [5, 5.41) is 2.00. The predicted molar refractivity (Wildman–Crippen MR) is 68.9 cm³/mol. The second kappa shape index (κ2) is 4.98. The first kappa shape index (κ1) is 12.3. The van der Waals surface area contributed by atoms with Crippen LogP contribution in [-0.4, -0.2) is 18.0 Å². The van der Waals surface area contributed by atoms with Gasteiger partial charge in [0.1, 0.15) is 5.60 Å². The standard InChI is InChI=1S/C12H15BrO2S/c1-12(5-2-3-6-15-12)11(14)8-10-9(13)4-7-16-10/h4,7H,2-3,5-6,8H2,1H3. The van der Waals surface area contributed by atoms with Gasteiger partial charge in [-0.05, 0) is 53.6 Å². The molecule has 0 aromatic carbocycles. The molecule has 1 aromatic heterocycles. The second-order valence-electron chi connectivity index (χ2n) is 4.33. The number of carbonyl (C=O) groups excluding carboxylic acids is 1. The molecule has 4 heteroatoms. The first-order chi connectivity index (χ1) is 7.62. The Kier molecular flexibility index (Phi) is 3.82. The highest BCUT2D eigenvalue weighted by molar-refractivity contribution is 9.10. The van der Waals surface area contributed by atoms with Gasteiger partial charge in [-0.25, -0.2) is 0 Å². The van der Waals surface area contributed by atoms with Gasteiger partial charge in [0.15, 0.2) is 5.78 Å². The van der Waals surface area contributed by atoms with E-state index in [2.05, 4.69) is 15.9 Å². The maximum atomic E-state index is 12.2. The lowest BCUT2D eigenvalue weighted by atomic mass is 9.89. The summed E-state index contributed by atoms with van der Waals surface area (Å²) in [5.74, 6) is 0.204. The second-order valence-corrected chi connectivity index (χ2v) is 6.18. The number of ketones is 1.